The summed E-state index contributed by atoms with van der Waals surface area (Å²) < 4.78 is 0. The minimum atomic E-state index is -1.24. The second kappa shape index (κ2) is 5.46. The predicted octanol–water partition coefficient (Wildman–Crippen LogP) is -0.841. The van der Waals surface area contributed by atoms with E-state index in [4.69, 9.17) is 10.3 Å². The minimum absolute atomic E-state index is 0.111. The zero-order valence-electron chi connectivity index (χ0n) is 9.75. The standard InChI is InChI=1S/C11H12N4O4/c16-5-8(10(17)15-19)12-11(18)9-6-3-1-2-4-7(6)13-14-9/h1-4,8,16,19H,5H2,(H,12,18)(H,13,14)(H,15,17)/t8-/m0/s1. The van der Waals surface area contributed by atoms with Gasteiger partial charge in [-0.15, -0.1) is 0 Å². The van der Waals surface area contributed by atoms with Crippen LogP contribution in [0.5, 0.6) is 0 Å². The van der Waals surface area contributed by atoms with Crippen molar-refractivity contribution in [1.29, 1.82) is 0 Å². The van der Waals surface area contributed by atoms with Crippen LogP contribution in [0.4, 0.5) is 0 Å². The molecule has 0 fully saturated rings. The van der Waals surface area contributed by atoms with E-state index in [0.717, 1.165) is 0 Å². The third-order valence-electron chi connectivity index (χ3n) is 2.60. The molecule has 2 rings (SSSR count). The Bertz CT molecular complexity index is 610. The van der Waals surface area contributed by atoms with Crippen molar-refractivity contribution in [1.82, 2.24) is 21.0 Å². The summed E-state index contributed by atoms with van der Waals surface area (Å²) in [5.41, 5.74) is 2.15. The molecule has 8 nitrogen and oxygen atoms in total. The number of H-pyrrole nitrogens is 1. The lowest BCUT2D eigenvalue weighted by Gasteiger charge is -2.12. The molecule has 8 heteroatoms. The van der Waals surface area contributed by atoms with Crippen molar-refractivity contribution in [3.05, 3.63) is 30.0 Å². The van der Waals surface area contributed by atoms with Crippen LogP contribution in [0.15, 0.2) is 24.3 Å². The quantitative estimate of drug-likeness (QED) is 0.363. The van der Waals surface area contributed by atoms with Crippen LogP contribution in [-0.2, 0) is 4.79 Å². The third kappa shape index (κ3) is 2.54. The van der Waals surface area contributed by atoms with Crippen LogP contribution in [0.25, 0.3) is 10.9 Å². The molecule has 1 aromatic carbocycles. The van der Waals surface area contributed by atoms with E-state index in [0.29, 0.717) is 10.9 Å². The number of rotatable bonds is 4. The van der Waals surface area contributed by atoms with E-state index in [2.05, 4.69) is 15.5 Å². The Balaban J connectivity index is 2.22. The van der Waals surface area contributed by atoms with E-state index < -0.39 is 24.5 Å². The number of nitrogens with one attached hydrogen (secondary N) is 3. The zero-order chi connectivity index (χ0) is 13.8. The Morgan fingerprint density at radius 1 is 1.37 bits per heavy atom. The highest BCUT2D eigenvalue weighted by Crippen LogP contribution is 2.14. The normalized spacial score (nSPS) is 12.1. The highest BCUT2D eigenvalue weighted by atomic mass is 16.5. The molecule has 1 heterocycles. The van der Waals surface area contributed by atoms with Gasteiger partial charge in [0.05, 0.1) is 12.1 Å². The van der Waals surface area contributed by atoms with E-state index in [1.54, 1.807) is 24.3 Å². The molecule has 0 spiro atoms. The number of aliphatic hydroxyl groups is 1. The molecule has 2 amide bonds. The smallest absolute Gasteiger partial charge is 0.273 e. The van der Waals surface area contributed by atoms with Crippen LogP contribution in [-0.4, -0.2) is 45.0 Å². The molecular formula is C11H12N4O4. The van der Waals surface area contributed by atoms with Gasteiger partial charge in [0.15, 0.2) is 5.69 Å². The fourth-order valence-corrected chi connectivity index (χ4v) is 1.64. The van der Waals surface area contributed by atoms with E-state index in [9.17, 15) is 9.59 Å². The number of para-hydroxylation sites is 1. The number of aromatic nitrogens is 2. The SMILES string of the molecule is O=C(N[C@@H](CO)C(=O)NO)c1n[nH]c2ccccc12. The molecule has 2 aromatic rings. The van der Waals surface area contributed by atoms with Gasteiger partial charge in [-0.25, -0.2) is 5.48 Å². The lowest BCUT2D eigenvalue weighted by atomic mass is 10.2. The van der Waals surface area contributed by atoms with Crippen LogP contribution in [0.3, 0.4) is 0 Å². The highest BCUT2D eigenvalue weighted by Gasteiger charge is 2.22. The summed E-state index contributed by atoms with van der Waals surface area (Å²) in [6, 6.07) is 5.75. The second-order valence-corrected chi connectivity index (χ2v) is 3.80. The number of carbonyl (C=O) groups excluding carboxylic acids is 2. The molecule has 1 aromatic heterocycles. The first-order valence-electron chi connectivity index (χ1n) is 5.46. The van der Waals surface area contributed by atoms with Crippen molar-refractivity contribution >= 4 is 22.7 Å². The van der Waals surface area contributed by atoms with Crippen LogP contribution in [0.2, 0.25) is 0 Å². The number of hydroxylamine groups is 1. The molecule has 0 unspecified atom stereocenters. The molecule has 0 saturated heterocycles. The lowest BCUT2D eigenvalue weighted by Crippen LogP contribution is -2.48. The van der Waals surface area contributed by atoms with Crippen molar-refractivity contribution in [3.63, 3.8) is 0 Å². The highest BCUT2D eigenvalue weighted by molar-refractivity contribution is 6.05. The Kier molecular flexibility index (Phi) is 3.74. The number of carbonyl (C=O) groups is 2. The zero-order valence-corrected chi connectivity index (χ0v) is 9.75. The first-order chi connectivity index (χ1) is 9.17. The number of aromatic amines is 1. The van der Waals surface area contributed by atoms with Crippen molar-refractivity contribution in [2.75, 3.05) is 6.61 Å². The number of hydrogen-bond donors (Lipinski definition) is 5. The Morgan fingerprint density at radius 3 is 2.79 bits per heavy atom. The average Bonchev–Trinajstić information content (AvgIpc) is 2.87. The van der Waals surface area contributed by atoms with Gasteiger partial charge in [-0.05, 0) is 6.07 Å². The fourth-order valence-electron chi connectivity index (χ4n) is 1.64. The maximum Gasteiger partial charge on any atom is 0.273 e. The van der Waals surface area contributed by atoms with Gasteiger partial charge in [0, 0.05) is 5.39 Å². The van der Waals surface area contributed by atoms with Crippen LogP contribution in [0, 0.1) is 0 Å². The fraction of sp³-hybridized carbons (Fsp3) is 0.182. The molecule has 0 aliphatic rings. The lowest BCUT2D eigenvalue weighted by molar-refractivity contribution is -0.132. The maximum absolute atomic E-state index is 11.9. The minimum Gasteiger partial charge on any atom is -0.394 e. The van der Waals surface area contributed by atoms with Crippen molar-refractivity contribution in [2.24, 2.45) is 0 Å². The molecule has 5 N–H and O–H groups in total. The monoisotopic (exact) mass is 264 g/mol. The largest absolute Gasteiger partial charge is 0.394 e. The van der Waals surface area contributed by atoms with E-state index in [-0.39, 0.29) is 5.69 Å². The molecule has 100 valence electrons. The van der Waals surface area contributed by atoms with Crippen molar-refractivity contribution < 1.29 is 19.9 Å². The number of amides is 2. The summed E-state index contributed by atoms with van der Waals surface area (Å²) >= 11 is 0. The summed E-state index contributed by atoms with van der Waals surface area (Å²) in [6.07, 6.45) is 0. The van der Waals surface area contributed by atoms with Gasteiger partial charge in [0.2, 0.25) is 0 Å². The summed E-state index contributed by atoms with van der Waals surface area (Å²) in [6.45, 7) is -0.638. The Hall–Kier alpha value is -2.45. The molecule has 0 radical (unpaired) electrons. The predicted molar refractivity (Wildman–Crippen MR) is 64.4 cm³/mol. The molecule has 0 aliphatic carbocycles. The van der Waals surface area contributed by atoms with Crippen LogP contribution < -0.4 is 10.8 Å². The van der Waals surface area contributed by atoms with E-state index >= 15 is 0 Å². The Morgan fingerprint density at radius 2 is 2.11 bits per heavy atom. The summed E-state index contributed by atoms with van der Waals surface area (Å²) in [5, 5.41) is 26.8. The van der Waals surface area contributed by atoms with E-state index in [1.165, 1.54) is 5.48 Å². The van der Waals surface area contributed by atoms with Crippen molar-refractivity contribution in [3.8, 4) is 0 Å². The van der Waals surface area contributed by atoms with Gasteiger partial charge in [-0.2, -0.15) is 5.10 Å². The summed E-state index contributed by atoms with van der Waals surface area (Å²) in [5.74, 6) is -1.53. The van der Waals surface area contributed by atoms with Gasteiger partial charge in [-0.1, -0.05) is 18.2 Å². The van der Waals surface area contributed by atoms with E-state index in [1.807, 2.05) is 0 Å². The molecule has 0 saturated carbocycles. The van der Waals surface area contributed by atoms with Gasteiger partial charge in [-0.3, -0.25) is 19.9 Å². The van der Waals surface area contributed by atoms with Crippen LogP contribution in [0.1, 0.15) is 10.5 Å². The first-order valence-corrected chi connectivity index (χ1v) is 5.46. The van der Waals surface area contributed by atoms with Crippen molar-refractivity contribution in [2.45, 2.75) is 6.04 Å². The Labute approximate surface area is 107 Å². The van der Waals surface area contributed by atoms with Gasteiger partial charge >= 0.3 is 0 Å². The van der Waals surface area contributed by atoms with Gasteiger partial charge < -0.3 is 10.4 Å². The summed E-state index contributed by atoms with van der Waals surface area (Å²) in [4.78, 5) is 23.1. The van der Waals surface area contributed by atoms with Gasteiger partial charge in [0.25, 0.3) is 11.8 Å². The second-order valence-electron chi connectivity index (χ2n) is 3.80. The number of fused-ring (bicyclic) bond motifs is 1. The number of aliphatic hydroxyl groups excluding tert-OH is 1. The number of hydrogen-bond acceptors (Lipinski definition) is 5. The maximum atomic E-state index is 11.9. The average molecular weight is 264 g/mol. The van der Waals surface area contributed by atoms with Crippen LogP contribution >= 0.6 is 0 Å². The molecule has 0 bridgehead atoms. The summed E-state index contributed by atoms with van der Waals surface area (Å²) in [7, 11) is 0. The molecule has 0 aliphatic heterocycles. The molecule has 19 heavy (non-hydrogen) atoms. The molecule has 1 atom stereocenters. The number of nitrogens with zero attached hydrogens (tertiary/aromatic N) is 1. The first kappa shape index (κ1) is 13.0. The molecular weight excluding hydrogens is 252 g/mol. The number of benzene rings is 1. The third-order valence-corrected chi connectivity index (χ3v) is 2.60. The topological polar surface area (TPSA) is 127 Å². The van der Waals surface area contributed by atoms with Gasteiger partial charge in [0.1, 0.15) is 6.04 Å².